The molecule has 0 atom stereocenters. The average Bonchev–Trinajstić information content (AvgIpc) is 2.46. The van der Waals surface area contributed by atoms with Crippen molar-refractivity contribution in [3.63, 3.8) is 0 Å². The van der Waals surface area contributed by atoms with Gasteiger partial charge >= 0.3 is 5.97 Å². The van der Waals surface area contributed by atoms with Crippen LogP contribution < -0.4 is 0 Å². The number of nitrogens with zero attached hydrogens (tertiary/aromatic N) is 1. The number of hydrogen-bond acceptors (Lipinski definition) is 3. The van der Waals surface area contributed by atoms with Gasteiger partial charge < -0.3 is 5.11 Å². The Bertz CT molecular complexity index is 738. The molecule has 0 aliphatic heterocycles. The predicted molar refractivity (Wildman–Crippen MR) is 78.8 cm³/mol. The van der Waals surface area contributed by atoms with E-state index in [1.165, 1.54) is 30.0 Å². The van der Waals surface area contributed by atoms with Crippen molar-refractivity contribution in [2.24, 2.45) is 0 Å². The lowest BCUT2D eigenvalue weighted by molar-refractivity contribution is 0.0696. The average molecular weight is 301 g/mol. The molecule has 3 nitrogen and oxygen atoms in total. The Labute approximate surface area is 126 Å². The number of carboxylic acids is 1. The van der Waals surface area contributed by atoms with E-state index in [4.69, 9.17) is 10.4 Å². The quantitative estimate of drug-likeness (QED) is 0.867. The van der Waals surface area contributed by atoms with E-state index in [9.17, 15) is 9.18 Å². The monoisotopic (exact) mass is 301 g/mol. The van der Waals surface area contributed by atoms with Gasteiger partial charge in [-0.2, -0.15) is 5.26 Å². The number of nitriles is 1. The number of aryl methyl sites for hydroxylation is 1. The molecule has 0 fully saturated rings. The SMILES string of the molecule is Cc1ccc(SCc2cc(F)ccc2C#N)cc1C(=O)O. The van der Waals surface area contributed by atoms with Crippen molar-refractivity contribution in [1.29, 1.82) is 5.26 Å². The molecule has 0 radical (unpaired) electrons. The van der Waals surface area contributed by atoms with Crippen molar-refractivity contribution in [3.05, 3.63) is 64.5 Å². The highest BCUT2D eigenvalue weighted by atomic mass is 32.2. The van der Waals surface area contributed by atoms with Gasteiger partial charge in [0.2, 0.25) is 0 Å². The van der Waals surface area contributed by atoms with E-state index in [0.29, 0.717) is 22.4 Å². The number of rotatable bonds is 4. The summed E-state index contributed by atoms with van der Waals surface area (Å²) in [5.41, 5.74) is 1.96. The van der Waals surface area contributed by atoms with Crippen molar-refractivity contribution in [2.75, 3.05) is 0 Å². The van der Waals surface area contributed by atoms with Gasteiger partial charge in [-0.05, 0) is 48.4 Å². The predicted octanol–water partition coefficient (Wildman–Crippen LogP) is 4.00. The minimum atomic E-state index is -0.974. The van der Waals surface area contributed by atoms with Crippen LogP contribution in [0.25, 0.3) is 0 Å². The zero-order chi connectivity index (χ0) is 15.4. The molecule has 0 unspecified atom stereocenters. The van der Waals surface area contributed by atoms with Gasteiger partial charge in [0.25, 0.3) is 0 Å². The largest absolute Gasteiger partial charge is 0.478 e. The van der Waals surface area contributed by atoms with Gasteiger partial charge in [-0.25, -0.2) is 9.18 Å². The van der Waals surface area contributed by atoms with E-state index >= 15 is 0 Å². The molecule has 0 bridgehead atoms. The minimum Gasteiger partial charge on any atom is -0.478 e. The lowest BCUT2D eigenvalue weighted by Gasteiger charge is -2.07. The lowest BCUT2D eigenvalue weighted by Crippen LogP contribution is -1.99. The third kappa shape index (κ3) is 3.61. The smallest absolute Gasteiger partial charge is 0.335 e. The first-order valence-electron chi connectivity index (χ1n) is 6.16. The molecule has 0 aromatic heterocycles. The number of halogens is 1. The lowest BCUT2D eigenvalue weighted by atomic mass is 10.1. The van der Waals surface area contributed by atoms with Crippen LogP contribution in [0.3, 0.4) is 0 Å². The molecular formula is C16H12FNO2S. The molecule has 1 N–H and O–H groups in total. The second-order valence-electron chi connectivity index (χ2n) is 4.48. The first-order valence-corrected chi connectivity index (χ1v) is 7.15. The highest BCUT2D eigenvalue weighted by Gasteiger charge is 2.09. The molecule has 21 heavy (non-hydrogen) atoms. The van der Waals surface area contributed by atoms with Crippen LogP contribution in [0.15, 0.2) is 41.3 Å². The van der Waals surface area contributed by atoms with Gasteiger partial charge in [0, 0.05) is 10.6 Å². The zero-order valence-electron chi connectivity index (χ0n) is 11.3. The summed E-state index contributed by atoms with van der Waals surface area (Å²) in [5.74, 6) is -0.957. The minimum absolute atomic E-state index is 0.250. The summed E-state index contributed by atoms with van der Waals surface area (Å²) < 4.78 is 13.2. The van der Waals surface area contributed by atoms with Crippen LogP contribution in [-0.2, 0) is 5.75 Å². The number of thioether (sulfide) groups is 1. The molecule has 0 amide bonds. The summed E-state index contributed by atoms with van der Waals surface area (Å²) in [5, 5.41) is 18.1. The Kier molecular flexibility index (Phi) is 4.61. The van der Waals surface area contributed by atoms with Gasteiger partial charge in [0.05, 0.1) is 17.2 Å². The van der Waals surface area contributed by atoms with Gasteiger partial charge in [-0.15, -0.1) is 11.8 Å². The first kappa shape index (κ1) is 15.1. The molecule has 0 spiro atoms. The fourth-order valence-corrected chi connectivity index (χ4v) is 2.80. The van der Waals surface area contributed by atoms with Crippen LogP contribution in [0.5, 0.6) is 0 Å². The normalized spacial score (nSPS) is 10.1. The van der Waals surface area contributed by atoms with Gasteiger partial charge in [0.15, 0.2) is 0 Å². The maximum Gasteiger partial charge on any atom is 0.335 e. The fraction of sp³-hybridized carbons (Fsp3) is 0.125. The Morgan fingerprint density at radius 2 is 2.10 bits per heavy atom. The summed E-state index contributed by atoms with van der Waals surface area (Å²) in [6.45, 7) is 1.73. The van der Waals surface area contributed by atoms with E-state index in [-0.39, 0.29) is 11.4 Å². The van der Waals surface area contributed by atoms with Crippen LogP contribution in [0.4, 0.5) is 4.39 Å². The second-order valence-corrected chi connectivity index (χ2v) is 5.53. The summed E-state index contributed by atoms with van der Waals surface area (Å²) >= 11 is 1.37. The van der Waals surface area contributed by atoms with E-state index in [1.807, 2.05) is 12.1 Å². The molecule has 0 aliphatic carbocycles. The Balaban J connectivity index is 2.21. The first-order chi connectivity index (χ1) is 10.0. The molecule has 2 aromatic rings. The topological polar surface area (TPSA) is 61.1 Å². The summed E-state index contributed by atoms with van der Waals surface area (Å²) in [4.78, 5) is 11.9. The number of hydrogen-bond donors (Lipinski definition) is 1. The van der Waals surface area contributed by atoms with E-state index in [2.05, 4.69) is 0 Å². The number of aromatic carboxylic acids is 1. The summed E-state index contributed by atoms with van der Waals surface area (Å²) in [7, 11) is 0. The molecule has 2 rings (SSSR count). The molecule has 0 heterocycles. The third-order valence-electron chi connectivity index (χ3n) is 3.02. The van der Waals surface area contributed by atoms with Crippen molar-refractivity contribution in [3.8, 4) is 6.07 Å². The van der Waals surface area contributed by atoms with Crippen LogP contribution in [-0.4, -0.2) is 11.1 Å². The van der Waals surface area contributed by atoms with Crippen molar-refractivity contribution in [1.82, 2.24) is 0 Å². The van der Waals surface area contributed by atoms with Gasteiger partial charge in [0.1, 0.15) is 5.82 Å². The Hall–Kier alpha value is -2.32. The molecule has 0 aliphatic rings. The van der Waals surface area contributed by atoms with E-state index in [0.717, 1.165) is 4.90 Å². The fourth-order valence-electron chi connectivity index (χ4n) is 1.87. The van der Waals surface area contributed by atoms with Crippen molar-refractivity contribution < 1.29 is 14.3 Å². The maximum atomic E-state index is 13.2. The number of carboxylic acid groups (broad SMARTS) is 1. The van der Waals surface area contributed by atoms with Gasteiger partial charge in [-0.1, -0.05) is 6.07 Å². The summed E-state index contributed by atoms with van der Waals surface area (Å²) in [6, 6.07) is 11.2. The summed E-state index contributed by atoms with van der Waals surface area (Å²) in [6.07, 6.45) is 0. The molecular weight excluding hydrogens is 289 g/mol. The number of carbonyl (C=O) groups is 1. The molecule has 0 saturated carbocycles. The number of benzene rings is 2. The third-order valence-corrected chi connectivity index (χ3v) is 4.06. The van der Waals surface area contributed by atoms with Crippen LogP contribution >= 0.6 is 11.8 Å². The standard InChI is InChI=1S/C16H12FNO2S/c1-10-2-5-14(7-15(10)16(19)20)21-9-12-6-13(17)4-3-11(12)8-18/h2-7H,9H2,1H3,(H,19,20). The zero-order valence-corrected chi connectivity index (χ0v) is 12.1. The van der Waals surface area contributed by atoms with Crippen molar-refractivity contribution >= 4 is 17.7 Å². The van der Waals surface area contributed by atoms with E-state index < -0.39 is 5.97 Å². The second kappa shape index (κ2) is 6.42. The maximum absolute atomic E-state index is 13.2. The highest BCUT2D eigenvalue weighted by molar-refractivity contribution is 7.98. The molecule has 5 heteroatoms. The van der Waals surface area contributed by atoms with Gasteiger partial charge in [-0.3, -0.25) is 0 Å². The van der Waals surface area contributed by atoms with E-state index in [1.54, 1.807) is 19.1 Å². The Morgan fingerprint density at radius 1 is 1.33 bits per heavy atom. The molecule has 0 saturated heterocycles. The Morgan fingerprint density at radius 3 is 2.76 bits per heavy atom. The molecule has 2 aromatic carbocycles. The van der Waals surface area contributed by atoms with Crippen LogP contribution in [0, 0.1) is 24.1 Å². The molecule has 106 valence electrons. The van der Waals surface area contributed by atoms with Crippen molar-refractivity contribution in [2.45, 2.75) is 17.6 Å². The van der Waals surface area contributed by atoms with Crippen LogP contribution in [0.1, 0.15) is 27.0 Å². The highest BCUT2D eigenvalue weighted by Crippen LogP contribution is 2.26. The van der Waals surface area contributed by atoms with Crippen LogP contribution in [0.2, 0.25) is 0 Å².